The average molecular weight is 254 g/mol. The lowest BCUT2D eigenvalue weighted by Gasteiger charge is -1.94. The van der Waals surface area contributed by atoms with Crippen LogP contribution < -0.4 is 5.14 Å². The van der Waals surface area contributed by atoms with Gasteiger partial charge in [-0.1, -0.05) is 0 Å². The van der Waals surface area contributed by atoms with E-state index >= 15 is 0 Å². The SMILES string of the molecule is Cc1nc(S(N)(=O)=O)c(Br)n1C. The topological polar surface area (TPSA) is 78.0 Å². The molecule has 2 N–H and O–H groups in total. The third kappa shape index (κ3) is 1.52. The molecule has 0 aliphatic heterocycles. The highest BCUT2D eigenvalue weighted by Gasteiger charge is 2.19. The van der Waals surface area contributed by atoms with Crippen molar-refractivity contribution in [1.82, 2.24) is 9.55 Å². The van der Waals surface area contributed by atoms with Crippen LogP contribution in [0.2, 0.25) is 0 Å². The Hall–Kier alpha value is -0.400. The number of nitrogens with zero attached hydrogens (tertiary/aromatic N) is 2. The monoisotopic (exact) mass is 253 g/mol. The van der Waals surface area contributed by atoms with Crippen molar-refractivity contribution in [2.75, 3.05) is 0 Å². The second-order valence-corrected chi connectivity index (χ2v) is 4.59. The van der Waals surface area contributed by atoms with E-state index in [1.807, 2.05) is 0 Å². The lowest BCUT2D eigenvalue weighted by Crippen LogP contribution is -2.13. The molecule has 0 unspecified atom stereocenters. The average Bonchev–Trinajstić information content (AvgIpc) is 2.15. The lowest BCUT2D eigenvalue weighted by molar-refractivity contribution is 0.593. The molecule has 1 aromatic rings. The van der Waals surface area contributed by atoms with Crippen molar-refractivity contribution in [2.24, 2.45) is 12.2 Å². The quantitative estimate of drug-likeness (QED) is 0.774. The highest BCUT2D eigenvalue weighted by atomic mass is 79.9. The standard InChI is InChI=1S/C5H8BrN3O2S/c1-3-8-5(12(7,10)11)4(6)9(3)2/h1-2H3,(H2,7,10,11). The summed E-state index contributed by atoms with van der Waals surface area (Å²) in [5.74, 6) is 0.589. The summed E-state index contributed by atoms with van der Waals surface area (Å²) in [5, 5.41) is 4.78. The number of primary sulfonamides is 1. The van der Waals surface area contributed by atoms with Crippen molar-refractivity contribution >= 4 is 26.0 Å². The van der Waals surface area contributed by atoms with Crippen LogP contribution in [0.3, 0.4) is 0 Å². The second kappa shape index (κ2) is 2.82. The minimum absolute atomic E-state index is 0.123. The van der Waals surface area contributed by atoms with Crippen molar-refractivity contribution in [3.63, 3.8) is 0 Å². The molecule has 12 heavy (non-hydrogen) atoms. The lowest BCUT2D eigenvalue weighted by atomic mass is 10.7. The molecule has 0 bridgehead atoms. The predicted octanol–water partition coefficient (Wildman–Crippen LogP) is 0.138. The van der Waals surface area contributed by atoms with Gasteiger partial charge in [-0.25, -0.2) is 18.5 Å². The van der Waals surface area contributed by atoms with E-state index in [4.69, 9.17) is 5.14 Å². The molecule has 0 fully saturated rings. The number of aromatic nitrogens is 2. The maximum atomic E-state index is 10.9. The second-order valence-electron chi connectivity index (χ2n) is 2.36. The van der Waals surface area contributed by atoms with E-state index in [-0.39, 0.29) is 5.03 Å². The zero-order valence-electron chi connectivity index (χ0n) is 6.57. The smallest absolute Gasteiger partial charge is 0.258 e. The molecule has 0 aliphatic rings. The van der Waals surface area contributed by atoms with Gasteiger partial charge >= 0.3 is 0 Å². The number of sulfonamides is 1. The Bertz CT molecular complexity index is 409. The molecule has 0 spiro atoms. The fraction of sp³-hybridized carbons (Fsp3) is 0.400. The molecule has 1 heterocycles. The van der Waals surface area contributed by atoms with Crippen molar-refractivity contribution < 1.29 is 8.42 Å². The van der Waals surface area contributed by atoms with Crippen LogP contribution in [0.25, 0.3) is 0 Å². The van der Waals surface area contributed by atoms with Crippen molar-refractivity contribution in [3.8, 4) is 0 Å². The van der Waals surface area contributed by atoms with E-state index in [1.165, 1.54) is 0 Å². The van der Waals surface area contributed by atoms with Crippen LogP contribution in [-0.2, 0) is 17.1 Å². The molecular weight excluding hydrogens is 246 g/mol. The van der Waals surface area contributed by atoms with Crippen LogP contribution in [0.5, 0.6) is 0 Å². The van der Waals surface area contributed by atoms with Crippen LogP contribution in [0, 0.1) is 6.92 Å². The number of nitrogens with two attached hydrogens (primary N) is 1. The summed E-state index contributed by atoms with van der Waals surface area (Å²) in [4.78, 5) is 3.78. The van der Waals surface area contributed by atoms with Crippen LogP contribution in [0.4, 0.5) is 0 Å². The molecule has 0 saturated heterocycles. The minimum Gasteiger partial charge on any atom is -0.325 e. The van der Waals surface area contributed by atoms with Gasteiger partial charge in [-0.15, -0.1) is 0 Å². The van der Waals surface area contributed by atoms with Gasteiger partial charge in [0, 0.05) is 7.05 Å². The van der Waals surface area contributed by atoms with Gasteiger partial charge in [0.1, 0.15) is 10.4 Å². The first-order valence-electron chi connectivity index (χ1n) is 3.05. The number of imidazole rings is 1. The molecule has 0 atom stereocenters. The van der Waals surface area contributed by atoms with Crippen molar-refractivity contribution in [1.29, 1.82) is 0 Å². The zero-order valence-corrected chi connectivity index (χ0v) is 8.98. The van der Waals surface area contributed by atoms with Crippen LogP contribution in [0.15, 0.2) is 9.63 Å². The molecule has 0 aromatic carbocycles. The predicted molar refractivity (Wildman–Crippen MR) is 47.0 cm³/mol. The van der Waals surface area contributed by atoms with Gasteiger partial charge in [-0.2, -0.15) is 0 Å². The minimum atomic E-state index is -3.71. The van der Waals surface area contributed by atoms with E-state index in [2.05, 4.69) is 20.9 Å². The molecule has 1 rings (SSSR count). The summed E-state index contributed by atoms with van der Waals surface area (Å²) in [7, 11) is -2.02. The highest BCUT2D eigenvalue weighted by Crippen LogP contribution is 2.19. The Balaban J connectivity index is 3.48. The number of hydrogen-bond acceptors (Lipinski definition) is 3. The fourth-order valence-electron chi connectivity index (χ4n) is 0.735. The number of aryl methyl sites for hydroxylation is 1. The van der Waals surface area contributed by atoms with Gasteiger partial charge in [0.25, 0.3) is 10.0 Å². The molecule has 0 saturated carbocycles. The molecule has 0 amide bonds. The van der Waals surface area contributed by atoms with Gasteiger partial charge in [-0.3, -0.25) is 0 Å². The Kier molecular flexibility index (Phi) is 2.28. The zero-order chi connectivity index (χ0) is 9.52. The molecule has 68 valence electrons. The van der Waals surface area contributed by atoms with Gasteiger partial charge in [0.15, 0.2) is 0 Å². The van der Waals surface area contributed by atoms with Crippen molar-refractivity contribution in [3.05, 3.63) is 10.4 Å². The third-order valence-electron chi connectivity index (χ3n) is 1.49. The van der Waals surface area contributed by atoms with E-state index in [9.17, 15) is 8.42 Å². The summed E-state index contributed by atoms with van der Waals surface area (Å²) in [6.45, 7) is 1.69. The van der Waals surface area contributed by atoms with Crippen molar-refractivity contribution in [2.45, 2.75) is 11.9 Å². The summed E-state index contributed by atoms with van der Waals surface area (Å²) >= 11 is 3.08. The summed E-state index contributed by atoms with van der Waals surface area (Å²) in [6.07, 6.45) is 0. The van der Waals surface area contributed by atoms with E-state index in [1.54, 1.807) is 18.5 Å². The fourth-order valence-corrected chi connectivity index (χ4v) is 2.39. The van der Waals surface area contributed by atoms with Gasteiger partial charge in [0.05, 0.1) is 0 Å². The number of hydrogen-bond donors (Lipinski definition) is 1. The maximum Gasteiger partial charge on any atom is 0.258 e. The first-order chi connectivity index (χ1) is 5.34. The van der Waals surface area contributed by atoms with E-state index < -0.39 is 10.0 Å². The highest BCUT2D eigenvalue weighted by molar-refractivity contribution is 9.10. The summed E-state index contributed by atoms with van der Waals surface area (Å²) < 4.78 is 23.8. The third-order valence-corrected chi connectivity index (χ3v) is 3.48. The Labute approximate surface area is 78.8 Å². The normalized spacial score (nSPS) is 12.0. The summed E-state index contributed by atoms with van der Waals surface area (Å²) in [5.41, 5.74) is 0. The molecular formula is C5H8BrN3O2S. The summed E-state index contributed by atoms with van der Waals surface area (Å²) in [6, 6.07) is 0. The molecule has 7 heteroatoms. The number of halogens is 1. The largest absolute Gasteiger partial charge is 0.325 e. The van der Waals surface area contributed by atoms with E-state index in [0.717, 1.165) is 0 Å². The molecule has 5 nitrogen and oxygen atoms in total. The van der Waals surface area contributed by atoms with Gasteiger partial charge in [0.2, 0.25) is 5.03 Å². The number of rotatable bonds is 1. The Morgan fingerprint density at radius 2 is 2.08 bits per heavy atom. The first kappa shape index (κ1) is 9.69. The molecule has 1 aromatic heterocycles. The van der Waals surface area contributed by atoms with E-state index in [0.29, 0.717) is 10.4 Å². The Morgan fingerprint density at radius 3 is 2.25 bits per heavy atom. The first-order valence-corrected chi connectivity index (χ1v) is 5.39. The molecule has 0 aliphatic carbocycles. The van der Waals surface area contributed by atoms with Crippen LogP contribution in [-0.4, -0.2) is 18.0 Å². The van der Waals surface area contributed by atoms with Gasteiger partial charge in [-0.05, 0) is 22.9 Å². The van der Waals surface area contributed by atoms with Gasteiger partial charge < -0.3 is 4.57 Å². The Morgan fingerprint density at radius 1 is 1.58 bits per heavy atom. The molecule has 0 radical (unpaired) electrons. The van der Waals surface area contributed by atoms with Crippen LogP contribution in [0.1, 0.15) is 5.82 Å². The maximum absolute atomic E-state index is 10.9. The van der Waals surface area contributed by atoms with Crippen LogP contribution >= 0.6 is 15.9 Å².